The van der Waals surface area contributed by atoms with Crippen molar-refractivity contribution in [2.24, 2.45) is 0 Å². The van der Waals surface area contributed by atoms with Crippen molar-refractivity contribution in [1.29, 1.82) is 0 Å². The van der Waals surface area contributed by atoms with E-state index in [-0.39, 0.29) is 12.5 Å². The number of aliphatic hydroxyl groups excluding tert-OH is 1. The fourth-order valence-electron chi connectivity index (χ4n) is 1.69. The third kappa shape index (κ3) is 2.94. The van der Waals surface area contributed by atoms with Crippen molar-refractivity contribution in [3.8, 4) is 0 Å². The van der Waals surface area contributed by atoms with Gasteiger partial charge in [-0.25, -0.2) is 0 Å². The predicted octanol–water partition coefficient (Wildman–Crippen LogP) is 3.83. The quantitative estimate of drug-likeness (QED) is 0.909. The van der Waals surface area contributed by atoms with Crippen LogP contribution in [0.1, 0.15) is 16.4 Å². The highest BCUT2D eigenvalue weighted by Gasteiger charge is 2.11. The summed E-state index contributed by atoms with van der Waals surface area (Å²) >= 11 is 5.16. The standard InChI is InChI=1S/C13H13BrOS/c14-12-5-3-10(4-6-12)11(9-15)8-13-2-1-7-16-13/h1-7,11,15H,8-9H2. The lowest BCUT2D eigenvalue weighted by atomic mass is 9.96. The van der Waals surface area contributed by atoms with Gasteiger partial charge in [0.25, 0.3) is 0 Å². The Kier molecular flexibility index (Phi) is 4.16. The van der Waals surface area contributed by atoms with E-state index in [9.17, 15) is 5.11 Å². The van der Waals surface area contributed by atoms with Gasteiger partial charge in [0.2, 0.25) is 0 Å². The Labute approximate surface area is 108 Å². The lowest BCUT2D eigenvalue weighted by Crippen LogP contribution is -2.06. The van der Waals surface area contributed by atoms with E-state index < -0.39 is 0 Å². The summed E-state index contributed by atoms with van der Waals surface area (Å²) in [4.78, 5) is 1.32. The van der Waals surface area contributed by atoms with Crippen molar-refractivity contribution in [3.05, 3.63) is 56.7 Å². The van der Waals surface area contributed by atoms with Crippen LogP contribution in [-0.4, -0.2) is 11.7 Å². The lowest BCUT2D eigenvalue weighted by molar-refractivity contribution is 0.265. The molecular weight excluding hydrogens is 284 g/mol. The molecule has 0 amide bonds. The van der Waals surface area contributed by atoms with Crippen LogP contribution >= 0.6 is 27.3 Å². The lowest BCUT2D eigenvalue weighted by Gasteiger charge is -2.13. The maximum absolute atomic E-state index is 9.44. The molecule has 16 heavy (non-hydrogen) atoms. The fourth-order valence-corrected chi connectivity index (χ4v) is 2.75. The Balaban J connectivity index is 2.13. The zero-order valence-corrected chi connectivity index (χ0v) is 11.2. The molecule has 0 fully saturated rings. The van der Waals surface area contributed by atoms with E-state index in [0.29, 0.717) is 0 Å². The van der Waals surface area contributed by atoms with Crippen LogP contribution in [0.2, 0.25) is 0 Å². The summed E-state index contributed by atoms with van der Waals surface area (Å²) in [5.74, 6) is 0.201. The van der Waals surface area contributed by atoms with E-state index >= 15 is 0 Å². The summed E-state index contributed by atoms with van der Waals surface area (Å²) < 4.78 is 1.07. The summed E-state index contributed by atoms with van der Waals surface area (Å²) in [5.41, 5.74) is 1.19. The smallest absolute Gasteiger partial charge is 0.0503 e. The topological polar surface area (TPSA) is 20.2 Å². The van der Waals surface area contributed by atoms with Gasteiger partial charge in [-0.05, 0) is 35.6 Å². The number of aliphatic hydroxyl groups is 1. The summed E-state index contributed by atoms with van der Waals surface area (Å²) in [5, 5.41) is 11.5. The normalized spacial score (nSPS) is 12.6. The van der Waals surface area contributed by atoms with Crippen LogP contribution < -0.4 is 0 Å². The highest BCUT2D eigenvalue weighted by molar-refractivity contribution is 9.10. The molecule has 84 valence electrons. The first-order chi connectivity index (χ1) is 7.79. The van der Waals surface area contributed by atoms with Gasteiger partial charge >= 0.3 is 0 Å². The van der Waals surface area contributed by atoms with Crippen LogP contribution in [0.25, 0.3) is 0 Å². The van der Waals surface area contributed by atoms with Gasteiger partial charge in [0.15, 0.2) is 0 Å². The molecule has 1 N–H and O–H groups in total. The highest BCUT2D eigenvalue weighted by Crippen LogP contribution is 2.24. The second-order valence-electron chi connectivity index (χ2n) is 3.71. The summed E-state index contributed by atoms with van der Waals surface area (Å²) in [6.45, 7) is 0.194. The van der Waals surface area contributed by atoms with Gasteiger partial charge in [-0.3, -0.25) is 0 Å². The Bertz CT molecular complexity index is 422. The van der Waals surface area contributed by atoms with Gasteiger partial charge < -0.3 is 5.11 Å². The maximum Gasteiger partial charge on any atom is 0.0503 e. The average molecular weight is 297 g/mol. The number of hydrogen-bond acceptors (Lipinski definition) is 2. The van der Waals surface area contributed by atoms with Crippen molar-refractivity contribution in [2.45, 2.75) is 12.3 Å². The number of hydrogen-bond donors (Lipinski definition) is 1. The van der Waals surface area contributed by atoms with Gasteiger partial charge in [-0.1, -0.05) is 34.1 Å². The molecule has 2 aromatic rings. The van der Waals surface area contributed by atoms with E-state index in [1.165, 1.54) is 10.4 Å². The third-order valence-corrected chi connectivity index (χ3v) is 4.02. The fraction of sp³-hybridized carbons (Fsp3) is 0.231. The molecule has 1 heterocycles. The molecule has 1 nitrogen and oxygen atoms in total. The van der Waals surface area contributed by atoms with Gasteiger partial charge in [-0.2, -0.15) is 0 Å². The molecule has 0 aliphatic rings. The number of benzene rings is 1. The molecular formula is C13H13BrOS. The van der Waals surface area contributed by atoms with Gasteiger partial charge in [0, 0.05) is 15.3 Å². The minimum absolute atomic E-state index is 0.194. The summed E-state index contributed by atoms with van der Waals surface area (Å²) in [7, 11) is 0. The maximum atomic E-state index is 9.44. The van der Waals surface area contributed by atoms with E-state index in [1.54, 1.807) is 11.3 Å². The summed E-state index contributed by atoms with van der Waals surface area (Å²) in [6.07, 6.45) is 0.912. The molecule has 1 atom stereocenters. The zero-order valence-electron chi connectivity index (χ0n) is 8.77. The van der Waals surface area contributed by atoms with Crippen molar-refractivity contribution in [1.82, 2.24) is 0 Å². The van der Waals surface area contributed by atoms with E-state index in [2.05, 4.69) is 45.6 Å². The predicted molar refractivity (Wildman–Crippen MR) is 72.0 cm³/mol. The van der Waals surface area contributed by atoms with Crippen LogP contribution in [0.15, 0.2) is 46.3 Å². The van der Waals surface area contributed by atoms with Crippen LogP contribution in [0.5, 0.6) is 0 Å². The first-order valence-electron chi connectivity index (χ1n) is 5.18. The Morgan fingerprint density at radius 1 is 1.19 bits per heavy atom. The average Bonchev–Trinajstić information content (AvgIpc) is 2.80. The molecule has 0 aliphatic heterocycles. The SMILES string of the molecule is OCC(Cc1cccs1)c1ccc(Br)cc1. The largest absolute Gasteiger partial charge is 0.396 e. The van der Waals surface area contributed by atoms with Gasteiger partial charge in [0.05, 0.1) is 6.61 Å². The van der Waals surface area contributed by atoms with Crippen molar-refractivity contribution in [3.63, 3.8) is 0 Å². The number of halogens is 1. The summed E-state index contributed by atoms with van der Waals surface area (Å²) in [6, 6.07) is 12.3. The molecule has 1 aromatic carbocycles. The van der Waals surface area contributed by atoms with Gasteiger partial charge in [0.1, 0.15) is 0 Å². The molecule has 3 heteroatoms. The van der Waals surface area contributed by atoms with Crippen LogP contribution in [-0.2, 0) is 6.42 Å². The first-order valence-corrected chi connectivity index (χ1v) is 6.85. The van der Waals surface area contributed by atoms with Gasteiger partial charge in [-0.15, -0.1) is 11.3 Å². The van der Waals surface area contributed by atoms with Crippen molar-refractivity contribution in [2.75, 3.05) is 6.61 Å². The van der Waals surface area contributed by atoms with Crippen molar-refractivity contribution >= 4 is 27.3 Å². The molecule has 1 aromatic heterocycles. The van der Waals surface area contributed by atoms with Crippen LogP contribution in [0, 0.1) is 0 Å². The number of rotatable bonds is 4. The van der Waals surface area contributed by atoms with E-state index in [0.717, 1.165) is 10.9 Å². The monoisotopic (exact) mass is 296 g/mol. The van der Waals surface area contributed by atoms with Crippen LogP contribution in [0.3, 0.4) is 0 Å². The molecule has 0 aliphatic carbocycles. The Morgan fingerprint density at radius 3 is 2.50 bits per heavy atom. The molecule has 1 unspecified atom stereocenters. The Morgan fingerprint density at radius 2 is 1.94 bits per heavy atom. The highest BCUT2D eigenvalue weighted by atomic mass is 79.9. The second kappa shape index (κ2) is 5.62. The number of thiophene rings is 1. The van der Waals surface area contributed by atoms with Crippen molar-refractivity contribution < 1.29 is 5.11 Å². The van der Waals surface area contributed by atoms with E-state index in [1.807, 2.05) is 12.1 Å². The van der Waals surface area contributed by atoms with Crippen LogP contribution in [0.4, 0.5) is 0 Å². The second-order valence-corrected chi connectivity index (χ2v) is 5.66. The third-order valence-electron chi connectivity index (χ3n) is 2.59. The zero-order chi connectivity index (χ0) is 11.4. The Hall–Kier alpha value is -0.640. The molecule has 0 radical (unpaired) electrons. The van der Waals surface area contributed by atoms with E-state index in [4.69, 9.17) is 0 Å². The first kappa shape index (κ1) is 11.8. The molecule has 0 saturated heterocycles. The molecule has 2 rings (SSSR count). The minimum atomic E-state index is 0.194. The minimum Gasteiger partial charge on any atom is -0.396 e. The molecule has 0 saturated carbocycles. The molecule has 0 spiro atoms. The molecule has 0 bridgehead atoms.